The Labute approximate surface area is 130 Å². The van der Waals surface area contributed by atoms with E-state index in [1.807, 2.05) is 24.3 Å². The Morgan fingerprint density at radius 2 is 2.00 bits per heavy atom. The zero-order valence-corrected chi connectivity index (χ0v) is 11.9. The lowest BCUT2D eigenvalue weighted by molar-refractivity contribution is -0.384. The lowest BCUT2D eigenvalue weighted by atomic mass is 9.98. The maximum absolute atomic E-state index is 11.0. The molecule has 0 unspecified atom stereocenters. The number of allylic oxidation sites excluding steroid dienone is 1. The standard InChI is InChI=1S/C17H11N3O3/c1-9-11-4-2-3-5-13(11)18-16(9)15-12-8-10(20(22)23)6-7-14(12)19-17(15)21/h2-8,19,21H,1H2. The fourth-order valence-electron chi connectivity index (χ4n) is 2.87. The number of non-ortho nitro benzene ring substituents is 1. The fraction of sp³-hybridized carbons (Fsp3) is 0. The van der Waals surface area contributed by atoms with Gasteiger partial charge in [-0.2, -0.15) is 0 Å². The first-order valence-electron chi connectivity index (χ1n) is 6.93. The number of rotatable bonds is 2. The van der Waals surface area contributed by atoms with Gasteiger partial charge < -0.3 is 10.1 Å². The summed E-state index contributed by atoms with van der Waals surface area (Å²) in [4.78, 5) is 17.9. The van der Waals surface area contributed by atoms with Crippen LogP contribution in [0.3, 0.4) is 0 Å². The second kappa shape index (κ2) is 4.54. The van der Waals surface area contributed by atoms with E-state index in [0.717, 1.165) is 11.3 Å². The van der Waals surface area contributed by atoms with Gasteiger partial charge in [-0.25, -0.2) is 4.99 Å². The molecule has 3 aromatic rings. The molecule has 0 atom stereocenters. The summed E-state index contributed by atoms with van der Waals surface area (Å²) in [6.45, 7) is 4.05. The van der Waals surface area contributed by atoms with E-state index in [9.17, 15) is 15.2 Å². The van der Waals surface area contributed by atoms with Gasteiger partial charge in [-0.1, -0.05) is 24.8 Å². The van der Waals surface area contributed by atoms with Gasteiger partial charge in [0.15, 0.2) is 5.88 Å². The predicted octanol–water partition coefficient (Wildman–Crippen LogP) is 3.93. The molecule has 0 saturated heterocycles. The molecule has 0 bridgehead atoms. The van der Waals surface area contributed by atoms with Gasteiger partial charge in [-0.05, 0) is 12.1 Å². The van der Waals surface area contributed by atoms with Gasteiger partial charge >= 0.3 is 0 Å². The van der Waals surface area contributed by atoms with Crippen molar-refractivity contribution in [1.82, 2.24) is 4.98 Å². The van der Waals surface area contributed by atoms with Crippen LogP contribution >= 0.6 is 0 Å². The summed E-state index contributed by atoms with van der Waals surface area (Å²) >= 11 is 0. The first-order valence-corrected chi connectivity index (χ1v) is 6.93. The normalized spacial score (nSPS) is 13.2. The topological polar surface area (TPSA) is 91.5 Å². The molecule has 1 aliphatic heterocycles. The van der Waals surface area contributed by atoms with Gasteiger partial charge in [0.1, 0.15) is 0 Å². The molecule has 4 rings (SSSR count). The Hall–Kier alpha value is -3.41. The highest BCUT2D eigenvalue weighted by Crippen LogP contribution is 2.40. The average Bonchev–Trinajstić information content (AvgIpc) is 3.03. The maximum Gasteiger partial charge on any atom is 0.270 e. The number of hydrogen-bond acceptors (Lipinski definition) is 4. The summed E-state index contributed by atoms with van der Waals surface area (Å²) in [6, 6.07) is 11.9. The monoisotopic (exact) mass is 305 g/mol. The van der Waals surface area contributed by atoms with Gasteiger partial charge in [0, 0.05) is 34.2 Å². The van der Waals surface area contributed by atoms with Crippen molar-refractivity contribution in [2.75, 3.05) is 0 Å². The van der Waals surface area contributed by atoms with E-state index in [4.69, 9.17) is 0 Å². The molecule has 0 radical (unpaired) electrons. The molecule has 23 heavy (non-hydrogen) atoms. The van der Waals surface area contributed by atoms with Crippen molar-refractivity contribution >= 4 is 33.6 Å². The number of benzene rings is 2. The van der Waals surface area contributed by atoms with Crippen LogP contribution in [0, 0.1) is 10.1 Å². The third-order valence-corrected chi connectivity index (χ3v) is 3.96. The number of nitrogens with zero attached hydrogens (tertiary/aromatic N) is 2. The molecular weight excluding hydrogens is 294 g/mol. The number of H-pyrrole nitrogens is 1. The summed E-state index contributed by atoms with van der Waals surface area (Å²) in [6.07, 6.45) is 0. The van der Waals surface area contributed by atoms with Crippen molar-refractivity contribution in [3.63, 3.8) is 0 Å². The maximum atomic E-state index is 11.0. The summed E-state index contributed by atoms with van der Waals surface area (Å²) in [7, 11) is 0. The molecule has 6 nitrogen and oxygen atoms in total. The molecule has 2 N–H and O–H groups in total. The molecule has 0 saturated carbocycles. The van der Waals surface area contributed by atoms with E-state index in [2.05, 4.69) is 16.6 Å². The Morgan fingerprint density at radius 3 is 2.74 bits per heavy atom. The van der Waals surface area contributed by atoms with Crippen LogP contribution in [0.5, 0.6) is 5.88 Å². The Kier molecular flexibility index (Phi) is 2.62. The van der Waals surface area contributed by atoms with Crippen molar-refractivity contribution in [2.24, 2.45) is 4.99 Å². The Balaban J connectivity index is 1.97. The third kappa shape index (κ3) is 1.85. The minimum Gasteiger partial charge on any atom is -0.494 e. The summed E-state index contributed by atoms with van der Waals surface area (Å²) < 4.78 is 0. The molecule has 1 aliphatic rings. The van der Waals surface area contributed by atoms with Gasteiger partial charge in [0.25, 0.3) is 5.69 Å². The Morgan fingerprint density at radius 1 is 1.22 bits per heavy atom. The number of fused-ring (bicyclic) bond motifs is 2. The first-order chi connectivity index (χ1) is 11.1. The van der Waals surface area contributed by atoms with Gasteiger partial charge in [-0.3, -0.25) is 10.1 Å². The van der Waals surface area contributed by atoms with E-state index in [1.165, 1.54) is 12.1 Å². The molecule has 0 fully saturated rings. The molecule has 0 aliphatic carbocycles. The third-order valence-electron chi connectivity index (χ3n) is 3.96. The highest BCUT2D eigenvalue weighted by atomic mass is 16.6. The molecule has 6 heteroatoms. The van der Waals surface area contributed by atoms with Crippen LogP contribution in [0.15, 0.2) is 54.0 Å². The van der Waals surface area contributed by atoms with Gasteiger partial charge in [0.2, 0.25) is 0 Å². The molecule has 2 heterocycles. The average molecular weight is 305 g/mol. The molecule has 112 valence electrons. The number of aromatic amines is 1. The molecular formula is C17H11N3O3. The van der Waals surface area contributed by atoms with Gasteiger partial charge in [0.05, 0.1) is 21.9 Å². The summed E-state index contributed by atoms with van der Waals surface area (Å²) in [5.74, 6) is -0.0757. The number of aromatic nitrogens is 1. The second-order valence-corrected chi connectivity index (χ2v) is 5.29. The van der Waals surface area contributed by atoms with Crippen LogP contribution < -0.4 is 0 Å². The number of para-hydroxylation sites is 1. The number of aliphatic imine (C=N–C) groups is 1. The van der Waals surface area contributed by atoms with Crippen molar-refractivity contribution in [2.45, 2.75) is 0 Å². The number of nitro groups is 1. The lowest BCUT2D eigenvalue weighted by Crippen LogP contribution is -1.98. The summed E-state index contributed by atoms with van der Waals surface area (Å²) in [5, 5.41) is 21.8. The predicted molar refractivity (Wildman–Crippen MR) is 88.3 cm³/mol. The smallest absolute Gasteiger partial charge is 0.270 e. The van der Waals surface area contributed by atoms with E-state index in [0.29, 0.717) is 27.8 Å². The number of nitro benzene ring substituents is 1. The molecule has 0 amide bonds. The van der Waals surface area contributed by atoms with Crippen molar-refractivity contribution in [3.8, 4) is 5.88 Å². The van der Waals surface area contributed by atoms with Crippen LogP contribution in [0.2, 0.25) is 0 Å². The van der Waals surface area contributed by atoms with E-state index in [1.54, 1.807) is 6.07 Å². The highest BCUT2D eigenvalue weighted by Gasteiger charge is 2.26. The molecule has 1 aromatic heterocycles. The van der Waals surface area contributed by atoms with Crippen LogP contribution in [0.4, 0.5) is 11.4 Å². The first kappa shape index (κ1) is 13.3. The van der Waals surface area contributed by atoms with E-state index < -0.39 is 4.92 Å². The zero-order chi connectivity index (χ0) is 16.1. The molecule has 2 aromatic carbocycles. The molecule has 0 spiro atoms. The number of hydrogen-bond donors (Lipinski definition) is 2. The van der Waals surface area contributed by atoms with Crippen molar-refractivity contribution in [3.05, 3.63) is 70.3 Å². The zero-order valence-electron chi connectivity index (χ0n) is 11.9. The van der Waals surface area contributed by atoms with Crippen LogP contribution in [-0.4, -0.2) is 20.7 Å². The van der Waals surface area contributed by atoms with Crippen LogP contribution in [0.25, 0.3) is 16.5 Å². The van der Waals surface area contributed by atoms with Crippen LogP contribution in [0.1, 0.15) is 11.1 Å². The quantitative estimate of drug-likeness (QED) is 0.555. The summed E-state index contributed by atoms with van der Waals surface area (Å²) in [5.41, 5.74) is 3.87. The fourth-order valence-corrected chi connectivity index (χ4v) is 2.87. The van der Waals surface area contributed by atoms with Crippen LogP contribution in [-0.2, 0) is 0 Å². The Bertz CT molecular complexity index is 1030. The van der Waals surface area contributed by atoms with Crippen molar-refractivity contribution in [1.29, 1.82) is 0 Å². The largest absolute Gasteiger partial charge is 0.494 e. The van der Waals surface area contributed by atoms with Crippen molar-refractivity contribution < 1.29 is 10.0 Å². The number of nitrogens with one attached hydrogen (secondary N) is 1. The SMILES string of the molecule is C=C1C(c2c(O)[nH]c3ccc([N+](=O)[O-])cc23)=Nc2ccccc21. The second-order valence-electron chi connectivity index (χ2n) is 5.29. The van der Waals surface area contributed by atoms with E-state index >= 15 is 0 Å². The minimum atomic E-state index is -0.465. The minimum absolute atomic E-state index is 0.0422. The van der Waals surface area contributed by atoms with Gasteiger partial charge in [-0.15, -0.1) is 0 Å². The van der Waals surface area contributed by atoms with E-state index in [-0.39, 0.29) is 11.6 Å². The highest BCUT2D eigenvalue weighted by molar-refractivity contribution is 6.39. The lowest BCUT2D eigenvalue weighted by Gasteiger charge is -2.03. The number of aromatic hydroxyl groups is 1.